The second-order valence-electron chi connectivity index (χ2n) is 7.66. The lowest BCUT2D eigenvalue weighted by Gasteiger charge is -2.24. The molecule has 26 heavy (non-hydrogen) atoms. The zero-order valence-electron chi connectivity index (χ0n) is 15.8. The van der Waals surface area contributed by atoms with Crippen molar-refractivity contribution in [3.8, 4) is 0 Å². The molecule has 0 saturated heterocycles. The summed E-state index contributed by atoms with van der Waals surface area (Å²) in [5.41, 5.74) is 3.41. The van der Waals surface area contributed by atoms with Gasteiger partial charge >= 0.3 is 0 Å². The molecule has 136 valence electrons. The summed E-state index contributed by atoms with van der Waals surface area (Å²) in [4.78, 5) is 26.4. The first-order valence-electron chi connectivity index (χ1n) is 9.23. The zero-order chi connectivity index (χ0) is 18.8. The monoisotopic (exact) mass is 350 g/mol. The molecule has 0 saturated carbocycles. The van der Waals surface area contributed by atoms with Crippen LogP contribution in [-0.4, -0.2) is 24.7 Å². The van der Waals surface area contributed by atoms with Crippen molar-refractivity contribution >= 4 is 22.9 Å². The standard InChI is InChI=1S/C22H26N2O2/c1-13(2)11-23-17-9-10-18(24-12-14(3)4)20-19(17)21(25)15-7-5-6-8-16(15)22(20)26/h5-10,13-14,23-24H,11-12H2,1-4H3. The van der Waals surface area contributed by atoms with E-state index in [0.29, 0.717) is 34.1 Å². The van der Waals surface area contributed by atoms with Crippen LogP contribution in [0.25, 0.3) is 0 Å². The minimum Gasteiger partial charge on any atom is -0.384 e. The molecule has 1 aliphatic rings. The summed E-state index contributed by atoms with van der Waals surface area (Å²) in [6.45, 7) is 9.93. The maximum Gasteiger partial charge on any atom is 0.196 e. The average molecular weight is 350 g/mol. The fraction of sp³-hybridized carbons (Fsp3) is 0.364. The minimum atomic E-state index is -0.0883. The van der Waals surface area contributed by atoms with Gasteiger partial charge in [0, 0.05) is 35.6 Å². The number of carbonyl (C=O) groups is 2. The third-order valence-electron chi connectivity index (χ3n) is 4.48. The molecule has 2 N–H and O–H groups in total. The molecule has 0 aliphatic heterocycles. The number of carbonyl (C=O) groups excluding carboxylic acids is 2. The number of rotatable bonds is 6. The van der Waals surface area contributed by atoms with Crippen LogP contribution in [0.5, 0.6) is 0 Å². The van der Waals surface area contributed by atoms with E-state index in [9.17, 15) is 9.59 Å². The molecule has 0 amide bonds. The molecule has 4 heteroatoms. The first-order valence-corrected chi connectivity index (χ1v) is 9.23. The molecule has 0 spiro atoms. The van der Waals surface area contributed by atoms with Crippen molar-refractivity contribution in [1.29, 1.82) is 0 Å². The first-order chi connectivity index (χ1) is 12.4. The molecular weight excluding hydrogens is 324 g/mol. The number of ketones is 2. The smallest absolute Gasteiger partial charge is 0.196 e. The Morgan fingerprint density at radius 1 is 0.692 bits per heavy atom. The SMILES string of the molecule is CC(C)CNc1ccc(NCC(C)C)c2c1C(=O)c1ccccc1C2=O. The lowest BCUT2D eigenvalue weighted by atomic mass is 9.82. The van der Waals surface area contributed by atoms with Crippen molar-refractivity contribution in [1.82, 2.24) is 0 Å². The van der Waals surface area contributed by atoms with Gasteiger partial charge in [0.05, 0.1) is 11.1 Å². The van der Waals surface area contributed by atoms with E-state index < -0.39 is 0 Å². The lowest BCUT2D eigenvalue weighted by Crippen LogP contribution is -2.25. The topological polar surface area (TPSA) is 58.2 Å². The Kier molecular flexibility index (Phi) is 5.12. The van der Waals surface area contributed by atoms with Crippen molar-refractivity contribution in [2.75, 3.05) is 23.7 Å². The average Bonchev–Trinajstić information content (AvgIpc) is 2.62. The summed E-state index contributed by atoms with van der Waals surface area (Å²) in [5, 5.41) is 6.69. The summed E-state index contributed by atoms with van der Waals surface area (Å²) < 4.78 is 0. The highest BCUT2D eigenvalue weighted by atomic mass is 16.1. The van der Waals surface area contributed by atoms with Crippen molar-refractivity contribution in [3.05, 3.63) is 58.7 Å². The van der Waals surface area contributed by atoms with Crippen LogP contribution in [0, 0.1) is 11.8 Å². The third-order valence-corrected chi connectivity index (χ3v) is 4.48. The molecule has 3 rings (SSSR count). The highest BCUT2D eigenvalue weighted by Gasteiger charge is 2.33. The Bertz CT molecular complexity index is 783. The molecular formula is C22H26N2O2. The fourth-order valence-corrected chi connectivity index (χ4v) is 3.15. The van der Waals surface area contributed by atoms with Crippen LogP contribution in [0.2, 0.25) is 0 Å². The van der Waals surface area contributed by atoms with Gasteiger partial charge in [0.25, 0.3) is 0 Å². The molecule has 1 aliphatic carbocycles. The molecule has 0 bridgehead atoms. The Hall–Kier alpha value is -2.62. The maximum absolute atomic E-state index is 13.2. The van der Waals surface area contributed by atoms with E-state index in [-0.39, 0.29) is 11.6 Å². The van der Waals surface area contributed by atoms with Crippen molar-refractivity contribution in [2.45, 2.75) is 27.7 Å². The van der Waals surface area contributed by atoms with Crippen LogP contribution in [0.1, 0.15) is 59.5 Å². The summed E-state index contributed by atoms with van der Waals surface area (Å²) in [6.07, 6.45) is 0. The van der Waals surface area contributed by atoms with Gasteiger partial charge in [-0.25, -0.2) is 0 Å². The Morgan fingerprint density at radius 3 is 1.42 bits per heavy atom. The second-order valence-corrected chi connectivity index (χ2v) is 7.66. The van der Waals surface area contributed by atoms with E-state index in [1.807, 2.05) is 12.1 Å². The predicted octanol–water partition coefficient (Wildman–Crippen LogP) is 4.60. The van der Waals surface area contributed by atoms with Crippen molar-refractivity contribution < 1.29 is 9.59 Å². The van der Waals surface area contributed by atoms with Crippen LogP contribution >= 0.6 is 0 Å². The molecule has 0 aromatic heterocycles. The van der Waals surface area contributed by atoms with Gasteiger partial charge in [-0.3, -0.25) is 9.59 Å². The predicted molar refractivity (Wildman–Crippen MR) is 106 cm³/mol. The highest BCUT2D eigenvalue weighted by molar-refractivity contribution is 6.31. The van der Waals surface area contributed by atoms with E-state index in [1.54, 1.807) is 24.3 Å². The normalized spacial score (nSPS) is 13.0. The number of hydrogen-bond donors (Lipinski definition) is 2. The quantitative estimate of drug-likeness (QED) is 0.682. The molecule has 0 radical (unpaired) electrons. The maximum atomic E-state index is 13.2. The van der Waals surface area contributed by atoms with Crippen LogP contribution in [0.15, 0.2) is 36.4 Å². The van der Waals surface area contributed by atoms with Gasteiger partial charge in [-0.05, 0) is 24.0 Å². The van der Waals surface area contributed by atoms with Gasteiger partial charge < -0.3 is 10.6 Å². The van der Waals surface area contributed by atoms with Crippen molar-refractivity contribution in [2.24, 2.45) is 11.8 Å². The Balaban J connectivity index is 2.13. The van der Waals surface area contributed by atoms with Gasteiger partial charge in [-0.15, -0.1) is 0 Å². The third kappa shape index (κ3) is 3.36. The van der Waals surface area contributed by atoms with Crippen molar-refractivity contribution in [3.63, 3.8) is 0 Å². The number of fused-ring (bicyclic) bond motifs is 2. The molecule has 0 atom stereocenters. The number of nitrogens with one attached hydrogen (secondary N) is 2. The summed E-state index contributed by atoms with van der Waals surface area (Å²) >= 11 is 0. The highest BCUT2D eigenvalue weighted by Crippen LogP contribution is 2.36. The summed E-state index contributed by atoms with van der Waals surface area (Å²) in [6, 6.07) is 10.9. The Labute approximate surface area is 155 Å². The second kappa shape index (κ2) is 7.32. The van der Waals surface area contributed by atoms with Gasteiger partial charge in [-0.1, -0.05) is 52.0 Å². The van der Waals surface area contributed by atoms with E-state index >= 15 is 0 Å². The molecule has 0 unspecified atom stereocenters. The fourth-order valence-electron chi connectivity index (χ4n) is 3.15. The summed E-state index contributed by atoms with van der Waals surface area (Å²) in [7, 11) is 0. The van der Waals surface area contributed by atoms with Gasteiger partial charge in [0.2, 0.25) is 0 Å². The first kappa shape index (κ1) is 18.2. The van der Waals surface area contributed by atoms with Crippen LogP contribution in [-0.2, 0) is 0 Å². The zero-order valence-corrected chi connectivity index (χ0v) is 15.8. The molecule has 2 aromatic carbocycles. The number of anilines is 2. The molecule has 4 nitrogen and oxygen atoms in total. The molecule has 0 fully saturated rings. The van der Waals surface area contributed by atoms with E-state index in [2.05, 4.69) is 38.3 Å². The van der Waals surface area contributed by atoms with E-state index in [4.69, 9.17) is 0 Å². The van der Waals surface area contributed by atoms with Crippen LogP contribution in [0.4, 0.5) is 11.4 Å². The minimum absolute atomic E-state index is 0.0883. The van der Waals surface area contributed by atoms with Gasteiger partial charge in [-0.2, -0.15) is 0 Å². The Morgan fingerprint density at radius 2 is 1.08 bits per heavy atom. The number of benzene rings is 2. The van der Waals surface area contributed by atoms with E-state index in [1.165, 1.54) is 0 Å². The molecule has 2 aromatic rings. The summed E-state index contributed by atoms with van der Waals surface area (Å²) in [5.74, 6) is 0.696. The molecule has 0 heterocycles. The van der Waals surface area contributed by atoms with Crippen LogP contribution < -0.4 is 10.6 Å². The largest absolute Gasteiger partial charge is 0.384 e. The van der Waals surface area contributed by atoms with E-state index in [0.717, 1.165) is 24.5 Å². The van der Waals surface area contributed by atoms with Gasteiger partial charge in [0.15, 0.2) is 11.6 Å². The number of hydrogen-bond acceptors (Lipinski definition) is 4. The van der Waals surface area contributed by atoms with Crippen LogP contribution in [0.3, 0.4) is 0 Å². The van der Waals surface area contributed by atoms with Gasteiger partial charge in [0.1, 0.15) is 0 Å². The lowest BCUT2D eigenvalue weighted by molar-refractivity contribution is 0.0980.